The average molecular weight is 416 g/mol. The molecule has 1 aliphatic carbocycles. The number of anilines is 2. The molecule has 4 rings (SSSR count). The summed E-state index contributed by atoms with van der Waals surface area (Å²) in [4.78, 5) is 41.4. The molecule has 1 aromatic rings. The second-order valence-electron chi connectivity index (χ2n) is 8.70. The van der Waals surface area contributed by atoms with E-state index < -0.39 is 23.3 Å². The summed E-state index contributed by atoms with van der Waals surface area (Å²) in [5.41, 5.74) is 0.238. The van der Waals surface area contributed by atoms with Crippen molar-refractivity contribution in [3.05, 3.63) is 24.0 Å². The number of nitrogens with zero attached hydrogens (tertiary/aromatic N) is 2. The molecule has 1 saturated carbocycles. The summed E-state index contributed by atoms with van der Waals surface area (Å²) in [5, 5.41) is 5.57. The Labute approximate surface area is 176 Å². The number of rotatable bonds is 4. The van der Waals surface area contributed by atoms with Crippen LogP contribution in [-0.4, -0.2) is 47.9 Å². The third kappa shape index (κ3) is 3.75. The number of carbonyl (C=O) groups is 3. The molecule has 7 nitrogen and oxygen atoms in total. The molecule has 30 heavy (non-hydrogen) atoms. The number of carbonyl (C=O) groups excluding carboxylic acids is 3. The zero-order chi connectivity index (χ0) is 21.3. The summed E-state index contributed by atoms with van der Waals surface area (Å²) in [5.74, 6) is -1.26. The van der Waals surface area contributed by atoms with Crippen LogP contribution in [0.1, 0.15) is 51.9 Å². The average Bonchev–Trinajstić information content (AvgIpc) is 2.96. The van der Waals surface area contributed by atoms with Gasteiger partial charge in [0.05, 0.1) is 11.4 Å². The molecule has 8 heteroatoms. The van der Waals surface area contributed by atoms with Gasteiger partial charge in [-0.25, -0.2) is 9.18 Å². The molecule has 2 saturated heterocycles. The molecule has 0 bridgehead atoms. The van der Waals surface area contributed by atoms with Crippen LogP contribution in [0, 0.1) is 11.7 Å². The van der Waals surface area contributed by atoms with Crippen molar-refractivity contribution in [3.63, 3.8) is 0 Å². The third-order valence-corrected chi connectivity index (χ3v) is 6.73. The second kappa shape index (κ2) is 8.24. The van der Waals surface area contributed by atoms with Crippen LogP contribution in [-0.2, 0) is 9.59 Å². The molecule has 3 fully saturated rings. The van der Waals surface area contributed by atoms with Crippen LogP contribution in [0.25, 0.3) is 0 Å². The molecule has 2 atom stereocenters. The number of nitrogens with one attached hydrogen (secondary N) is 2. The summed E-state index contributed by atoms with van der Waals surface area (Å²) in [6, 6.07) is 3.81. The molecule has 0 aromatic heterocycles. The SMILES string of the molecule is CC1CCCCC12NC(=O)N(CC(=O)Nc1cc(F)ccc1N1CCCCC1)C2=O. The fourth-order valence-corrected chi connectivity index (χ4v) is 4.99. The minimum Gasteiger partial charge on any atom is -0.370 e. The van der Waals surface area contributed by atoms with Gasteiger partial charge in [-0.15, -0.1) is 0 Å². The van der Waals surface area contributed by atoms with E-state index in [1.807, 2.05) is 6.92 Å². The highest BCUT2D eigenvalue weighted by molar-refractivity contribution is 6.10. The predicted molar refractivity (Wildman–Crippen MR) is 112 cm³/mol. The van der Waals surface area contributed by atoms with Crippen molar-refractivity contribution in [1.29, 1.82) is 0 Å². The highest BCUT2D eigenvalue weighted by atomic mass is 19.1. The molecule has 0 radical (unpaired) electrons. The van der Waals surface area contributed by atoms with Crippen molar-refractivity contribution in [3.8, 4) is 0 Å². The molecular weight excluding hydrogens is 387 g/mol. The van der Waals surface area contributed by atoms with Crippen LogP contribution in [0.4, 0.5) is 20.6 Å². The number of amides is 4. The molecule has 2 N–H and O–H groups in total. The lowest BCUT2D eigenvalue weighted by atomic mass is 9.73. The Hall–Kier alpha value is -2.64. The van der Waals surface area contributed by atoms with Gasteiger partial charge < -0.3 is 15.5 Å². The quantitative estimate of drug-likeness (QED) is 0.739. The molecule has 162 valence electrons. The van der Waals surface area contributed by atoms with Gasteiger partial charge in [-0.3, -0.25) is 14.5 Å². The predicted octanol–water partition coefficient (Wildman–Crippen LogP) is 3.26. The Morgan fingerprint density at radius 2 is 1.97 bits per heavy atom. The first kappa shape index (κ1) is 20.6. The van der Waals surface area contributed by atoms with Crippen molar-refractivity contribution in [2.75, 3.05) is 29.9 Å². The topological polar surface area (TPSA) is 81.8 Å². The summed E-state index contributed by atoms with van der Waals surface area (Å²) in [6.07, 6.45) is 6.63. The first-order valence-corrected chi connectivity index (χ1v) is 10.9. The minimum absolute atomic E-state index is 0.0321. The molecule has 1 spiro atoms. The van der Waals surface area contributed by atoms with E-state index in [2.05, 4.69) is 15.5 Å². The lowest BCUT2D eigenvalue weighted by Gasteiger charge is -2.36. The van der Waals surface area contributed by atoms with Crippen LogP contribution >= 0.6 is 0 Å². The lowest BCUT2D eigenvalue weighted by molar-refractivity contribution is -0.136. The lowest BCUT2D eigenvalue weighted by Crippen LogP contribution is -2.54. The van der Waals surface area contributed by atoms with Gasteiger partial charge in [-0.1, -0.05) is 19.8 Å². The molecule has 2 aliphatic heterocycles. The van der Waals surface area contributed by atoms with E-state index in [-0.39, 0.29) is 18.4 Å². The first-order valence-electron chi connectivity index (χ1n) is 10.9. The van der Waals surface area contributed by atoms with E-state index in [1.54, 1.807) is 6.07 Å². The molecule has 2 heterocycles. The Balaban J connectivity index is 1.48. The maximum absolute atomic E-state index is 13.9. The van der Waals surface area contributed by atoms with Crippen molar-refractivity contribution in [2.24, 2.45) is 5.92 Å². The van der Waals surface area contributed by atoms with Crippen LogP contribution < -0.4 is 15.5 Å². The zero-order valence-electron chi connectivity index (χ0n) is 17.4. The van der Waals surface area contributed by atoms with Crippen molar-refractivity contribution in [1.82, 2.24) is 10.2 Å². The summed E-state index contributed by atoms with van der Waals surface area (Å²) >= 11 is 0. The van der Waals surface area contributed by atoms with E-state index in [0.717, 1.165) is 62.2 Å². The largest absolute Gasteiger partial charge is 0.370 e. The molecule has 4 amide bonds. The standard InChI is InChI=1S/C22H29FN4O3/c1-15-7-3-4-10-22(15)20(29)27(21(30)25-22)14-19(28)24-17-13-16(23)8-9-18(17)26-11-5-2-6-12-26/h8-9,13,15H,2-7,10-12,14H2,1H3,(H,24,28)(H,25,30). The summed E-state index contributed by atoms with van der Waals surface area (Å²) in [7, 11) is 0. The van der Waals surface area contributed by atoms with Crippen LogP contribution in [0.2, 0.25) is 0 Å². The van der Waals surface area contributed by atoms with E-state index in [0.29, 0.717) is 12.1 Å². The van der Waals surface area contributed by atoms with Gasteiger partial charge in [0.2, 0.25) is 5.91 Å². The maximum atomic E-state index is 13.9. The van der Waals surface area contributed by atoms with E-state index in [4.69, 9.17) is 0 Å². The van der Waals surface area contributed by atoms with Crippen molar-refractivity contribution >= 4 is 29.2 Å². The Bertz CT molecular complexity index is 855. The smallest absolute Gasteiger partial charge is 0.325 e. The van der Waals surface area contributed by atoms with Gasteiger partial charge in [0.1, 0.15) is 17.9 Å². The van der Waals surface area contributed by atoms with Gasteiger partial charge in [0, 0.05) is 13.1 Å². The first-order chi connectivity index (χ1) is 14.4. The van der Waals surface area contributed by atoms with E-state index in [1.165, 1.54) is 12.1 Å². The summed E-state index contributed by atoms with van der Waals surface area (Å²) in [6.45, 7) is 3.29. The van der Waals surface area contributed by atoms with Crippen molar-refractivity contribution in [2.45, 2.75) is 57.4 Å². The highest BCUT2D eigenvalue weighted by Gasteiger charge is 2.55. The van der Waals surface area contributed by atoms with Gasteiger partial charge in [-0.2, -0.15) is 0 Å². The number of urea groups is 1. The Morgan fingerprint density at radius 3 is 2.70 bits per heavy atom. The number of piperidine rings is 1. The summed E-state index contributed by atoms with van der Waals surface area (Å²) < 4.78 is 13.9. The number of hydrogen-bond donors (Lipinski definition) is 2. The van der Waals surface area contributed by atoms with Gasteiger partial charge in [0.15, 0.2) is 0 Å². The molecule has 3 aliphatic rings. The fraction of sp³-hybridized carbons (Fsp3) is 0.591. The molecule has 1 aromatic carbocycles. The van der Waals surface area contributed by atoms with Gasteiger partial charge >= 0.3 is 6.03 Å². The number of imide groups is 1. The monoisotopic (exact) mass is 416 g/mol. The highest BCUT2D eigenvalue weighted by Crippen LogP contribution is 2.38. The number of benzene rings is 1. The van der Waals surface area contributed by atoms with Gasteiger partial charge in [-0.05, 0) is 56.2 Å². The zero-order valence-corrected chi connectivity index (χ0v) is 17.4. The molecule has 2 unspecified atom stereocenters. The van der Waals surface area contributed by atoms with Gasteiger partial charge in [0.25, 0.3) is 5.91 Å². The van der Waals surface area contributed by atoms with Crippen LogP contribution in [0.3, 0.4) is 0 Å². The normalized spacial score (nSPS) is 26.8. The second-order valence-corrected chi connectivity index (χ2v) is 8.70. The number of hydrogen-bond acceptors (Lipinski definition) is 4. The third-order valence-electron chi connectivity index (χ3n) is 6.73. The van der Waals surface area contributed by atoms with Crippen LogP contribution in [0.5, 0.6) is 0 Å². The molecular formula is C22H29FN4O3. The van der Waals surface area contributed by atoms with Crippen LogP contribution in [0.15, 0.2) is 18.2 Å². The Kier molecular flexibility index (Phi) is 5.66. The van der Waals surface area contributed by atoms with Crippen molar-refractivity contribution < 1.29 is 18.8 Å². The minimum atomic E-state index is -0.895. The maximum Gasteiger partial charge on any atom is 0.325 e. The van der Waals surface area contributed by atoms with E-state index >= 15 is 0 Å². The number of halogens is 1. The fourth-order valence-electron chi connectivity index (χ4n) is 4.99. The Morgan fingerprint density at radius 1 is 1.20 bits per heavy atom. The van der Waals surface area contributed by atoms with E-state index in [9.17, 15) is 18.8 Å².